The minimum absolute atomic E-state index is 0.471. The molecule has 1 aromatic carbocycles. The molecule has 0 saturated heterocycles. The molecule has 17 heavy (non-hydrogen) atoms. The maximum absolute atomic E-state index is 6.22. The second kappa shape index (κ2) is 5.22. The Morgan fingerprint density at radius 1 is 1.12 bits per heavy atom. The van der Waals surface area contributed by atoms with E-state index in [2.05, 4.69) is 50.3 Å². The zero-order valence-electron chi connectivity index (χ0n) is 10.7. The first-order valence-corrected chi connectivity index (χ1v) is 6.37. The van der Waals surface area contributed by atoms with Gasteiger partial charge in [-0.05, 0) is 44.2 Å². The van der Waals surface area contributed by atoms with Gasteiger partial charge < -0.3 is 5.73 Å². The van der Waals surface area contributed by atoms with E-state index in [0.29, 0.717) is 5.92 Å². The highest BCUT2D eigenvalue weighted by Gasteiger charge is 2.13. The Morgan fingerprint density at radius 3 is 2.76 bits per heavy atom. The van der Waals surface area contributed by atoms with Crippen LogP contribution in [0, 0.1) is 13.8 Å². The van der Waals surface area contributed by atoms with Crippen LogP contribution in [0.15, 0.2) is 36.4 Å². The molecule has 0 spiro atoms. The lowest BCUT2D eigenvalue weighted by molar-refractivity contribution is 0.744. The van der Waals surface area contributed by atoms with Crippen LogP contribution in [0.5, 0.6) is 0 Å². The summed E-state index contributed by atoms with van der Waals surface area (Å²) >= 11 is 0. The average Bonchev–Trinajstić information content (AvgIpc) is 2.23. The van der Waals surface area contributed by atoms with Crippen molar-refractivity contribution in [2.24, 2.45) is 0 Å². The van der Waals surface area contributed by atoms with Gasteiger partial charge in [0, 0.05) is 11.6 Å². The molecule has 0 radical (unpaired) electrons. The van der Waals surface area contributed by atoms with Crippen LogP contribution in [0.1, 0.15) is 41.9 Å². The van der Waals surface area contributed by atoms with Crippen molar-refractivity contribution in [1.29, 1.82) is 0 Å². The van der Waals surface area contributed by atoms with Gasteiger partial charge in [0.15, 0.2) is 0 Å². The van der Waals surface area contributed by atoms with Gasteiger partial charge in [0.1, 0.15) is 0 Å². The Bertz CT molecular complexity index is 455. The number of rotatable bonds is 1. The fourth-order valence-corrected chi connectivity index (χ4v) is 2.49. The summed E-state index contributed by atoms with van der Waals surface area (Å²) in [6.45, 7) is 4.24. The molecule has 0 aliphatic heterocycles. The summed E-state index contributed by atoms with van der Waals surface area (Å²) in [4.78, 5) is 0. The van der Waals surface area contributed by atoms with Crippen molar-refractivity contribution in [3.63, 3.8) is 0 Å². The minimum atomic E-state index is 0.471. The van der Waals surface area contributed by atoms with Gasteiger partial charge in [-0.15, -0.1) is 0 Å². The normalized spacial score (nSPS) is 23.8. The van der Waals surface area contributed by atoms with Crippen molar-refractivity contribution in [1.82, 2.24) is 0 Å². The van der Waals surface area contributed by atoms with Gasteiger partial charge in [0.2, 0.25) is 0 Å². The van der Waals surface area contributed by atoms with Crippen LogP contribution in [-0.2, 0) is 0 Å². The quantitative estimate of drug-likeness (QED) is 0.563. The lowest BCUT2D eigenvalue weighted by Crippen LogP contribution is -2.04. The van der Waals surface area contributed by atoms with Crippen molar-refractivity contribution >= 4 is 5.69 Å². The summed E-state index contributed by atoms with van der Waals surface area (Å²) < 4.78 is 0. The zero-order chi connectivity index (χ0) is 12.3. The molecular formula is C16H21N. The summed E-state index contributed by atoms with van der Waals surface area (Å²) in [5.74, 6) is 0.471. The van der Waals surface area contributed by atoms with E-state index in [9.17, 15) is 0 Å². The zero-order valence-corrected chi connectivity index (χ0v) is 10.7. The van der Waals surface area contributed by atoms with Gasteiger partial charge in [-0.2, -0.15) is 0 Å². The third-order valence-electron chi connectivity index (χ3n) is 3.41. The number of allylic oxidation sites excluding steroid dienone is 4. The Kier molecular flexibility index (Phi) is 3.68. The van der Waals surface area contributed by atoms with Crippen molar-refractivity contribution < 1.29 is 0 Å². The van der Waals surface area contributed by atoms with Crippen molar-refractivity contribution in [3.8, 4) is 0 Å². The lowest BCUT2D eigenvalue weighted by atomic mass is 9.88. The molecule has 1 unspecified atom stereocenters. The molecule has 0 fully saturated rings. The second-order valence-electron chi connectivity index (χ2n) is 4.90. The van der Waals surface area contributed by atoms with Crippen LogP contribution in [0.25, 0.3) is 0 Å². The third-order valence-corrected chi connectivity index (χ3v) is 3.41. The molecule has 1 atom stereocenters. The van der Waals surface area contributed by atoms with Crippen LogP contribution in [0.3, 0.4) is 0 Å². The number of nitrogens with two attached hydrogens (primary N) is 1. The third kappa shape index (κ3) is 2.79. The van der Waals surface area contributed by atoms with Crippen LogP contribution < -0.4 is 5.73 Å². The number of nitrogen functional groups attached to an aromatic ring is 1. The van der Waals surface area contributed by atoms with Gasteiger partial charge in [-0.3, -0.25) is 0 Å². The smallest absolute Gasteiger partial charge is 0.0382 e. The van der Waals surface area contributed by atoms with Crippen molar-refractivity contribution in [2.45, 2.75) is 39.0 Å². The molecular weight excluding hydrogens is 206 g/mol. The van der Waals surface area contributed by atoms with Gasteiger partial charge >= 0.3 is 0 Å². The predicted molar refractivity (Wildman–Crippen MR) is 75.2 cm³/mol. The molecule has 1 aliphatic rings. The van der Waals surface area contributed by atoms with Gasteiger partial charge in [0.25, 0.3) is 0 Å². The summed E-state index contributed by atoms with van der Waals surface area (Å²) in [5, 5.41) is 0. The van der Waals surface area contributed by atoms with Gasteiger partial charge in [-0.25, -0.2) is 0 Å². The first kappa shape index (κ1) is 12.0. The average molecular weight is 227 g/mol. The topological polar surface area (TPSA) is 26.0 Å². The number of aryl methyl sites for hydroxylation is 2. The SMILES string of the molecule is Cc1cc(C)c(N)c(C2/C=C\C/C=C\CC2)c1. The Morgan fingerprint density at radius 2 is 1.94 bits per heavy atom. The second-order valence-corrected chi connectivity index (χ2v) is 4.90. The molecule has 0 bridgehead atoms. The number of hydrogen-bond donors (Lipinski definition) is 1. The molecule has 0 amide bonds. The Labute approximate surface area is 104 Å². The van der Waals surface area contributed by atoms with Crippen molar-refractivity contribution in [3.05, 3.63) is 53.1 Å². The highest BCUT2D eigenvalue weighted by Crippen LogP contribution is 2.31. The van der Waals surface area contributed by atoms with E-state index in [-0.39, 0.29) is 0 Å². The maximum atomic E-state index is 6.22. The summed E-state index contributed by atoms with van der Waals surface area (Å²) in [6.07, 6.45) is 12.4. The summed E-state index contributed by atoms with van der Waals surface area (Å²) in [6, 6.07) is 4.40. The molecule has 2 rings (SSSR count). The molecule has 0 aromatic heterocycles. The van der Waals surface area contributed by atoms with E-state index in [1.54, 1.807) is 0 Å². The molecule has 0 saturated carbocycles. The van der Waals surface area contributed by atoms with Gasteiger partial charge in [0.05, 0.1) is 0 Å². The standard InChI is InChI=1S/C16H21N/c1-12-10-13(2)16(17)15(11-12)14-8-6-4-3-5-7-9-14/h3-4,7,9-11,14H,5-6,8,17H2,1-2H3/b4-3-,9-7-. The van der Waals surface area contributed by atoms with Crippen molar-refractivity contribution in [2.75, 3.05) is 5.73 Å². The predicted octanol–water partition coefficient (Wildman–Crippen LogP) is 4.27. The molecule has 1 heteroatoms. The Hall–Kier alpha value is -1.50. The number of benzene rings is 1. The minimum Gasteiger partial charge on any atom is -0.398 e. The van der Waals surface area contributed by atoms with E-state index < -0.39 is 0 Å². The fourth-order valence-electron chi connectivity index (χ4n) is 2.49. The highest BCUT2D eigenvalue weighted by molar-refractivity contribution is 5.57. The molecule has 90 valence electrons. The molecule has 2 N–H and O–H groups in total. The van der Waals surface area contributed by atoms with E-state index in [1.165, 1.54) is 16.7 Å². The maximum Gasteiger partial charge on any atom is 0.0382 e. The molecule has 1 aromatic rings. The molecule has 0 heterocycles. The van der Waals surface area contributed by atoms with Crippen LogP contribution in [0.4, 0.5) is 5.69 Å². The molecule has 1 nitrogen and oxygen atoms in total. The molecule has 1 aliphatic carbocycles. The largest absolute Gasteiger partial charge is 0.398 e. The number of anilines is 1. The van der Waals surface area contributed by atoms with Crippen LogP contribution in [-0.4, -0.2) is 0 Å². The van der Waals surface area contributed by atoms with E-state index in [4.69, 9.17) is 5.73 Å². The van der Waals surface area contributed by atoms with E-state index in [0.717, 1.165) is 24.9 Å². The van der Waals surface area contributed by atoms with Crippen LogP contribution >= 0.6 is 0 Å². The monoisotopic (exact) mass is 227 g/mol. The van der Waals surface area contributed by atoms with E-state index in [1.807, 2.05) is 0 Å². The fraction of sp³-hybridized carbons (Fsp3) is 0.375. The first-order chi connectivity index (χ1) is 8.18. The number of hydrogen-bond acceptors (Lipinski definition) is 1. The van der Waals surface area contributed by atoms with Gasteiger partial charge in [-0.1, -0.05) is 42.0 Å². The summed E-state index contributed by atoms with van der Waals surface area (Å²) in [7, 11) is 0. The van der Waals surface area contributed by atoms with E-state index >= 15 is 0 Å². The highest BCUT2D eigenvalue weighted by atomic mass is 14.6. The summed E-state index contributed by atoms with van der Waals surface area (Å²) in [5.41, 5.74) is 11.0. The van der Waals surface area contributed by atoms with Crippen LogP contribution in [0.2, 0.25) is 0 Å². The Balaban J connectivity index is 2.35. The lowest BCUT2D eigenvalue weighted by Gasteiger charge is -2.18. The first-order valence-electron chi connectivity index (χ1n) is 6.37.